The molecule has 0 fully saturated rings. The van der Waals surface area contributed by atoms with Gasteiger partial charge < -0.3 is 24.7 Å². The van der Waals surface area contributed by atoms with Gasteiger partial charge in [0.2, 0.25) is 0 Å². The second-order valence-corrected chi connectivity index (χ2v) is 7.80. The van der Waals surface area contributed by atoms with Crippen LogP contribution in [0.5, 0.6) is 0 Å². The zero-order valence-electron chi connectivity index (χ0n) is 14.4. The van der Waals surface area contributed by atoms with Crippen molar-refractivity contribution in [2.45, 2.75) is 19.4 Å². The molecule has 0 aliphatic heterocycles. The molecule has 27 heavy (non-hydrogen) atoms. The first-order chi connectivity index (χ1) is 12.1. The van der Waals surface area contributed by atoms with Gasteiger partial charge in [0.1, 0.15) is 0 Å². The van der Waals surface area contributed by atoms with Gasteiger partial charge in [0.25, 0.3) is 5.69 Å². The van der Waals surface area contributed by atoms with Crippen LogP contribution in [0.25, 0.3) is 11.0 Å². The van der Waals surface area contributed by atoms with Crippen molar-refractivity contribution in [2.24, 2.45) is 0 Å². The van der Waals surface area contributed by atoms with E-state index in [1.54, 1.807) is 7.05 Å². The number of nitro benzene ring substituents is 1. The van der Waals surface area contributed by atoms with E-state index < -0.39 is 23.6 Å². The number of aromatic amines is 2. The van der Waals surface area contributed by atoms with E-state index in [1.807, 2.05) is 4.90 Å². The first-order valence-corrected chi connectivity index (χ1v) is 9.53. The summed E-state index contributed by atoms with van der Waals surface area (Å²) in [6, 6.07) is 2.50. The summed E-state index contributed by atoms with van der Waals surface area (Å²) in [5.41, 5.74) is -1.03. The maximum absolute atomic E-state index is 11.6. The fourth-order valence-corrected chi connectivity index (χ4v) is 3.22. The Morgan fingerprint density at radius 3 is 2.41 bits per heavy atom. The number of halogens is 1. The highest BCUT2D eigenvalue weighted by Gasteiger charge is 2.16. The smallest absolute Gasteiger partial charge is 0.324 e. The van der Waals surface area contributed by atoms with Gasteiger partial charge >= 0.3 is 18.7 Å². The second kappa shape index (κ2) is 9.38. The van der Waals surface area contributed by atoms with Crippen LogP contribution >= 0.6 is 24.6 Å². The first-order valence-electron chi connectivity index (χ1n) is 7.73. The maximum atomic E-state index is 11.6. The summed E-state index contributed by atoms with van der Waals surface area (Å²) in [6.07, 6.45) is 0.672. The normalized spacial score (nSPS) is 11.6. The Morgan fingerprint density at radius 2 is 1.81 bits per heavy atom. The number of aromatic nitrogens is 2. The molecule has 1 aromatic carbocycles. The van der Waals surface area contributed by atoms with E-state index in [1.165, 1.54) is 12.1 Å². The van der Waals surface area contributed by atoms with Gasteiger partial charge in [-0.1, -0.05) is 0 Å². The monoisotopic (exact) mass is 466 g/mol. The summed E-state index contributed by atoms with van der Waals surface area (Å²) < 4.78 is 10.8. The highest BCUT2D eigenvalue weighted by Crippen LogP contribution is 2.35. The van der Waals surface area contributed by atoms with Crippen LogP contribution in [0, 0.1) is 10.1 Å². The third kappa shape index (κ3) is 6.67. The van der Waals surface area contributed by atoms with E-state index in [0.29, 0.717) is 30.5 Å². The van der Waals surface area contributed by atoms with Crippen molar-refractivity contribution in [1.82, 2.24) is 14.9 Å². The van der Waals surface area contributed by atoms with Crippen LogP contribution in [0.4, 0.5) is 5.69 Å². The average Bonchev–Trinajstić information content (AvgIpc) is 2.52. The first kappa shape index (κ1) is 23.2. The van der Waals surface area contributed by atoms with Crippen LogP contribution < -0.4 is 11.1 Å². The van der Waals surface area contributed by atoms with Crippen molar-refractivity contribution in [1.29, 1.82) is 0 Å². The molecule has 0 saturated heterocycles. The second-order valence-electron chi connectivity index (χ2n) is 6.03. The van der Waals surface area contributed by atoms with Gasteiger partial charge in [-0.3, -0.25) is 24.3 Å². The van der Waals surface area contributed by atoms with E-state index in [0.717, 1.165) is 0 Å². The Labute approximate surface area is 163 Å². The lowest BCUT2D eigenvalue weighted by molar-refractivity contribution is -0.384. The van der Waals surface area contributed by atoms with Gasteiger partial charge in [-0.2, -0.15) is 0 Å². The Balaban J connectivity index is 0.00000364. The Morgan fingerprint density at radius 1 is 1.19 bits per heavy atom. The number of nitro groups is 1. The van der Waals surface area contributed by atoms with Gasteiger partial charge in [-0.05, 0) is 32.0 Å². The molecule has 0 saturated carbocycles. The summed E-state index contributed by atoms with van der Waals surface area (Å²) in [6.45, 7) is 0.744. The molecule has 2 aromatic rings. The van der Waals surface area contributed by atoms with Crippen LogP contribution in [0.1, 0.15) is 18.4 Å². The molecule has 0 aliphatic rings. The van der Waals surface area contributed by atoms with Crippen molar-refractivity contribution < 1.29 is 19.3 Å². The van der Waals surface area contributed by atoms with Crippen molar-refractivity contribution in [3.05, 3.63) is 48.5 Å². The number of benzene rings is 1. The van der Waals surface area contributed by atoms with Gasteiger partial charge in [-0.15, -0.1) is 17.0 Å². The number of rotatable bonds is 8. The molecule has 0 aliphatic carbocycles. The average molecular weight is 467 g/mol. The topological polar surface area (TPSA) is 170 Å². The molecule has 1 heterocycles. The maximum Gasteiger partial charge on any atom is 0.325 e. The largest absolute Gasteiger partial charge is 0.325 e. The quantitative estimate of drug-likeness (QED) is 0.147. The van der Waals surface area contributed by atoms with Gasteiger partial charge in [0, 0.05) is 24.8 Å². The molecule has 0 unspecified atom stereocenters. The van der Waals surface area contributed by atoms with Crippen LogP contribution in [0.15, 0.2) is 21.7 Å². The number of H-pyrrole nitrogens is 2. The SMILES string of the molecule is Br.CN(CCCCP(=O)(O)O)Cc1cc([N+](=O)[O-])cc2[nH]c(=O)c(=O)[nH]c12. The molecule has 150 valence electrons. The zero-order chi connectivity index (χ0) is 19.5. The van der Waals surface area contributed by atoms with Crippen molar-refractivity contribution in [3.8, 4) is 0 Å². The summed E-state index contributed by atoms with van der Waals surface area (Å²) in [4.78, 5) is 57.8. The van der Waals surface area contributed by atoms with Crippen LogP contribution in [-0.4, -0.2) is 49.3 Å². The molecule has 4 N–H and O–H groups in total. The predicted octanol–water partition coefficient (Wildman–Crippen LogP) is 1.09. The van der Waals surface area contributed by atoms with E-state index in [2.05, 4.69) is 9.97 Å². The molecular formula is C14H20BrN4O7P. The lowest BCUT2D eigenvalue weighted by Crippen LogP contribution is -2.29. The minimum Gasteiger partial charge on any atom is -0.324 e. The number of nitrogens with zero attached hydrogens (tertiary/aromatic N) is 2. The van der Waals surface area contributed by atoms with E-state index in [9.17, 15) is 24.3 Å². The number of non-ortho nitro benzene ring substituents is 1. The fraction of sp³-hybridized carbons (Fsp3) is 0.429. The Kier molecular flexibility index (Phi) is 8.05. The molecule has 0 bridgehead atoms. The molecule has 0 spiro atoms. The van der Waals surface area contributed by atoms with Crippen LogP contribution in [0.3, 0.4) is 0 Å². The molecule has 13 heteroatoms. The predicted molar refractivity (Wildman–Crippen MR) is 105 cm³/mol. The van der Waals surface area contributed by atoms with Gasteiger partial charge in [0.05, 0.1) is 16.0 Å². The van der Waals surface area contributed by atoms with Crippen molar-refractivity contribution in [3.63, 3.8) is 0 Å². The number of hydrogen-bond donors (Lipinski definition) is 4. The third-order valence-electron chi connectivity index (χ3n) is 3.79. The summed E-state index contributed by atoms with van der Waals surface area (Å²) >= 11 is 0. The molecule has 0 amide bonds. The lowest BCUT2D eigenvalue weighted by atomic mass is 10.1. The molecule has 0 atom stereocenters. The van der Waals surface area contributed by atoms with E-state index in [-0.39, 0.29) is 40.9 Å². The number of fused-ring (bicyclic) bond motifs is 1. The molecule has 0 radical (unpaired) electrons. The Bertz CT molecular complexity index is 984. The van der Waals surface area contributed by atoms with Crippen LogP contribution in [-0.2, 0) is 11.1 Å². The summed E-state index contributed by atoms with van der Waals surface area (Å²) in [7, 11) is -2.28. The van der Waals surface area contributed by atoms with Gasteiger partial charge in [0.15, 0.2) is 0 Å². The number of hydrogen-bond acceptors (Lipinski definition) is 6. The standard InChI is InChI=1S/C14H19N4O7P.BrH/c1-17(4-2-3-5-26(23,24)25)8-9-6-10(18(21)22)7-11-12(9)16-14(20)13(19)15-11;/h6-7H,2-5,8H2,1H3,(H,15,19)(H,16,20)(H2,23,24,25);1H. The fourth-order valence-electron chi connectivity index (χ4n) is 2.58. The molecule has 1 aromatic heterocycles. The van der Waals surface area contributed by atoms with E-state index in [4.69, 9.17) is 9.79 Å². The lowest BCUT2D eigenvalue weighted by Gasteiger charge is -2.17. The minimum atomic E-state index is -4.02. The summed E-state index contributed by atoms with van der Waals surface area (Å²) in [5.74, 6) is 0. The Hall–Kier alpha value is -1.85. The van der Waals surface area contributed by atoms with Crippen LogP contribution in [0.2, 0.25) is 0 Å². The molecule has 2 rings (SSSR count). The van der Waals surface area contributed by atoms with Crippen molar-refractivity contribution in [2.75, 3.05) is 19.8 Å². The third-order valence-corrected chi connectivity index (χ3v) is 4.69. The number of nitrogens with one attached hydrogen (secondary N) is 2. The van der Waals surface area contributed by atoms with Gasteiger partial charge in [-0.25, -0.2) is 0 Å². The molecular weight excluding hydrogens is 447 g/mol. The summed E-state index contributed by atoms with van der Waals surface area (Å²) in [5, 5.41) is 11.1. The highest BCUT2D eigenvalue weighted by atomic mass is 79.9. The van der Waals surface area contributed by atoms with E-state index >= 15 is 0 Å². The minimum absolute atomic E-state index is 0. The molecule has 11 nitrogen and oxygen atoms in total. The highest BCUT2D eigenvalue weighted by molar-refractivity contribution is 8.93. The zero-order valence-corrected chi connectivity index (χ0v) is 17.0. The number of unbranched alkanes of at least 4 members (excludes halogenated alkanes) is 1. The van der Waals surface area contributed by atoms with Crippen molar-refractivity contribution >= 4 is 41.3 Å².